The Morgan fingerprint density at radius 3 is 2.88 bits per heavy atom. The molecule has 2 aromatic carbocycles. The number of carbonyl (C=O) groups excluding carboxylic acids is 1. The molecule has 2 heterocycles. The van der Waals surface area contributed by atoms with Crippen molar-refractivity contribution in [1.29, 1.82) is 0 Å². The summed E-state index contributed by atoms with van der Waals surface area (Å²) in [6, 6.07) is 15.3. The average Bonchev–Trinajstić information content (AvgIpc) is 3.31. The number of fused-ring (bicyclic) bond motifs is 1. The minimum Gasteiger partial charge on any atom is -0.383 e. The van der Waals surface area contributed by atoms with Crippen molar-refractivity contribution in [3.63, 3.8) is 0 Å². The van der Waals surface area contributed by atoms with Crippen LogP contribution in [0.3, 0.4) is 0 Å². The van der Waals surface area contributed by atoms with Crippen LogP contribution >= 0.6 is 11.5 Å². The van der Waals surface area contributed by atoms with Gasteiger partial charge in [0, 0.05) is 30.1 Å². The molecule has 2 unspecified atom stereocenters. The number of anilines is 3. The molecule has 32 heavy (non-hydrogen) atoms. The first kappa shape index (κ1) is 21.8. The minimum absolute atomic E-state index is 0.0661. The van der Waals surface area contributed by atoms with Gasteiger partial charge in [-0.3, -0.25) is 14.0 Å². The normalized spacial score (nSPS) is 16.7. The predicted octanol–water partition coefficient (Wildman–Crippen LogP) is 3.47. The first-order valence-electron chi connectivity index (χ1n) is 10.3. The molecule has 9 heteroatoms. The Morgan fingerprint density at radius 1 is 1.31 bits per heavy atom. The maximum absolute atomic E-state index is 13.3. The Hall–Kier alpha value is -3.43. The minimum atomic E-state index is -0.478. The van der Waals surface area contributed by atoms with Crippen molar-refractivity contribution in [1.82, 2.24) is 4.37 Å². The van der Waals surface area contributed by atoms with Crippen molar-refractivity contribution in [2.75, 3.05) is 17.3 Å². The summed E-state index contributed by atoms with van der Waals surface area (Å²) in [6.45, 7) is 3.78. The topological polar surface area (TPSA) is 113 Å². The number of hydrogen-bond acceptors (Lipinski definition) is 6. The van der Waals surface area contributed by atoms with E-state index < -0.39 is 6.23 Å². The van der Waals surface area contributed by atoms with Crippen LogP contribution in [0.25, 0.3) is 0 Å². The van der Waals surface area contributed by atoms with Crippen molar-refractivity contribution < 1.29 is 9.53 Å². The second-order valence-corrected chi connectivity index (χ2v) is 8.47. The highest BCUT2D eigenvalue weighted by molar-refractivity contribution is 7.10. The number of benzene rings is 2. The van der Waals surface area contributed by atoms with Crippen LogP contribution in [0.5, 0.6) is 0 Å². The number of nitrogens with zero attached hydrogens (tertiary/aromatic N) is 2. The highest BCUT2D eigenvalue weighted by Crippen LogP contribution is 2.33. The fraction of sp³-hybridized carbons (Fsp3) is 0.261. The molecule has 4 rings (SSSR count). The summed E-state index contributed by atoms with van der Waals surface area (Å²) in [5.74, 6) is 0.0163. The quantitative estimate of drug-likeness (QED) is 0.392. The first-order valence-corrected chi connectivity index (χ1v) is 11.1. The molecule has 1 amide bonds. The van der Waals surface area contributed by atoms with Gasteiger partial charge in [0.2, 0.25) is 0 Å². The predicted molar refractivity (Wildman–Crippen MR) is 128 cm³/mol. The molecule has 8 nitrogen and oxygen atoms in total. The van der Waals surface area contributed by atoms with E-state index in [1.165, 1.54) is 12.7 Å². The van der Waals surface area contributed by atoms with Crippen LogP contribution in [-0.4, -0.2) is 35.5 Å². The monoisotopic (exact) mass is 451 g/mol. The largest absolute Gasteiger partial charge is 0.383 e. The molecule has 0 bridgehead atoms. The van der Waals surface area contributed by atoms with Gasteiger partial charge in [-0.2, -0.15) is 0 Å². The van der Waals surface area contributed by atoms with E-state index in [2.05, 4.69) is 20.7 Å². The molecule has 0 spiro atoms. The zero-order chi connectivity index (χ0) is 22.8. The highest BCUT2D eigenvalue weighted by Gasteiger charge is 2.31. The van der Waals surface area contributed by atoms with E-state index in [4.69, 9.17) is 10.5 Å². The van der Waals surface area contributed by atoms with Crippen LogP contribution in [-0.2, 0) is 11.2 Å². The van der Waals surface area contributed by atoms with Crippen LogP contribution in [0.4, 0.5) is 16.4 Å². The van der Waals surface area contributed by atoms with Crippen LogP contribution in [0.2, 0.25) is 0 Å². The fourth-order valence-corrected chi connectivity index (χ4v) is 4.58. The zero-order valence-electron chi connectivity index (χ0n) is 18.1. The number of nitrogens with one attached hydrogen (secondary N) is 2. The lowest BCUT2D eigenvalue weighted by Crippen LogP contribution is -2.35. The van der Waals surface area contributed by atoms with Gasteiger partial charge < -0.3 is 20.7 Å². The van der Waals surface area contributed by atoms with Gasteiger partial charge in [0.25, 0.3) is 11.5 Å². The van der Waals surface area contributed by atoms with Crippen LogP contribution < -0.4 is 21.5 Å². The summed E-state index contributed by atoms with van der Waals surface area (Å²) in [5.41, 5.74) is 9.30. The maximum atomic E-state index is 13.3. The molecule has 0 saturated carbocycles. The van der Waals surface area contributed by atoms with Gasteiger partial charge in [0.1, 0.15) is 22.6 Å². The van der Waals surface area contributed by atoms with Crippen molar-refractivity contribution in [3.8, 4) is 0 Å². The number of nitrogens with two attached hydrogens (primary N) is 1. The number of hydrogen-bond donors (Lipinski definition) is 3. The van der Waals surface area contributed by atoms with E-state index in [-0.39, 0.29) is 28.9 Å². The van der Waals surface area contributed by atoms with Gasteiger partial charge in [-0.15, -0.1) is 0 Å². The molecule has 1 aromatic heterocycles. The number of H-pyrrole nitrogens is 1. The number of amides is 1. The molecular formula is C23H25N5O3S. The summed E-state index contributed by atoms with van der Waals surface area (Å²) in [6.07, 6.45) is 0.354. The van der Waals surface area contributed by atoms with Gasteiger partial charge in [-0.05, 0) is 61.6 Å². The van der Waals surface area contributed by atoms with Crippen molar-refractivity contribution >= 4 is 39.7 Å². The number of amidine groups is 1. The average molecular weight is 452 g/mol. The molecule has 0 saturated heterocycles. The molecule has 0 radical (unpaired) electrons. The Balaban J connectivity index is 1.61. The summed E-state index contributed by atoms with van der Waals surface area (Å²) in [4.78, 5) is 31.7. The van der Waals surface area contributed by atoms with E-state index in [0.29, 0.717) is 16.3 Å². The number of aromatic amines is 1. The zero-order valence-corrected chi connectivity index (χ0v) is 18.9. The molecule has 0 fully saturated rings. The molecule has 4 N–H and O–H groups in total. The Morgan fingerprint density at radius 2 is 2.09 bits per heavy atom. The first-order chi connectivity index (χ1) is 15.4. The van der Waals surface area contributed by atoms with Gasteiger partial charge in [-0.1, -0.05) is 24.3 Å². The fourth-order valence-electron chi connectivity index (χ4n) is 3.81. The molecular weight excluding hydrogens is 426 g/mol. The Bertz CT molecular complexity index is 1230. The molecule has 1 aliphatic rings. The standard InChI is InChI=1S/C23H25N5O3S/c1-13-11-15-7-4-5-10-18(15)28(13)23(30)16-8-6-9-17(12-16)26-22-19(21(29)27-32-22)20(24)25-14(2)31-3/h4-10,12-14,26H,11H2,1-3H3,(H2,24,25)(H,27,29). The number of para-hydroxylation sites is 1. The summed E-state index contributed by atoms with van der Waals surface area (Å²) >= 11 is 1.12. The molecule has 166 valence electrons. The smallest absolute Gasteiger partial charge is 0.271 e. The summed E-state index contributed by atoms with van der Waals surface area (Å²) in [5, 5.41) is 3.71. The van der Waals surface area contributed by atoms with E-state index in [1.807, 2.05) is 42.2 Å². The van der Waals surface area contributed by atoms with E-state index in [1.54, 1.807) is 19.1 Å². The maximum Gasteiger partial charge on any atom is 0.271 e. The van der Waals surface area contributed by atoms with Gasteiger partial charge >= 0.3 is 0 Å². The Kier molecular flexibility index (Phi) is 6.11. The second kappa shape index (κ2) is 8.97. The van der Waals surface area contributed by atoms with Crippen molar-refractivity contribution in [2.24, 2.45) is 10.7 Å². The number of methoxy groups -OCH3 is 1. The van der Waals surface area contributed by atoms with Gasteiger partial charge in [-0.25, -0.2) is 4.99 Å². The SMILES string of the molecule is COC(C)N=C(N)c1c(Nc2cccc(C(=O)N3c4ccccc4CC3C)c2)s[nH]c1=O. The van der Waals surface area contributed by atoms with Crippen molar-refractivity contribution in [3.05, 3.63) is 75.6 Å². The van der Waals surface area contributed by atoms with E-state index >= 15 is 0 Å². The summed E-state index contributed by atoms with van der Waals surface area (Å²) < 4.78 is 7.78. The molecule has 2 atom stereocenters. The lowest BCUT2D eigenvalue weighted by atomic mass is 10.1. The van der Waals surface area contributed by atoms with Crippen LogP contribution in [0.15, 0.2) is 58.3 Å². The third kappa shape index (κ3) is 4.17. The number of ether oxygens (including phenoxy) is 1. The van der Waals surface area contributed by atoms with E-state index in [9.17, 15) is 9.59 Å². The van der Waals surface area contributed by atoms with Gasteiger partial charge in [0.05, 0.1) is 0 Å². The number of carbonyl (C=O) groups is 1. The lowest BCUT2D eigenvalue weighted by Gasteiger charge is -2.23. The van der Waals surface area contributed by atoms with Gasteiger partial charge in [0.15, 0.2) is 0 Å². The number of aliphatic imine (C=N–C) groups is 1. The number of rotatable bonds is 6. The molecule has 1 aliphatic heterocycles. The highest BCUT2D eigenvalue weighted by atomic mass is 32.1. The van der Waals surface area contributed by atoms with Crippen molar-refractivity contribution in [2.45, 2.75) is 32.5 Å². The Labute approximate surface area is 189 Å². The van der Waals surface area contributed by atoms with Crippen LogP contribution in [0.1, 0.15) is 35.3 Å². The summed E-state index contributed by atoms with van der Waals surface area (Å²) in [7, 11) is 1.51. The molecule has 0 aliphatic carbocycles. The van der Waals surface area contributed by atoms with E-state index in [0.717, 1.165) is 23.6 Å². The van der Waals surface area contributed by atoms with Crippen LogP contribution in [0, 0.1) is 0 Å². The number of aromatic nitrogens is 1. The third-order valence-corrected chi connectivity index (χ3v) is 6.21. The lowest BCUT2D eigenvalue weighted by molar-refractivity contribution is 0.0981. The molecule has 3 aromatic rings. The second-order valence-electron chi connectivity index (χ2n) is 7.65. The third-order valence-electron chi connectivity index (χ3n) is 5.41.